The van der Waals surface area contributed by atoms with E-state index in [0.717, 1.165) is 31.9 Å². The van der Waals surface area contributed by atoms with E-state index >= 15 is 0 Å². The van der Waals surface area contributed by atoms with Gasteiger partial charge in [0.25, 0.3) is 5.69 Å². The summed E-state index contributed by atoms with van der Waals surface area (Å²) < 4.78 is 0. The van der Waals surface area contributed by atoms with Crippen LogP contribution in [0.3, 0.4) is 0 Å². The second-order valence-corrected chi connectivity index (χ2v) is 6.69. The molecule has 0 radical (unpaired) electrons. The summed E-state index contributed by atoms with van der Waals surface area (Å²) in [5.41, 5.74) is 1.25. The SMILES string of the molecule is CN1CCCC[C@H]1CN1CCN(c2ccc([N+](=O)[O-])cc2)CC1. The van der Waals surface area contributed by atoms with Crippen LogP contribution in [0.25, 0.3) is 0 Å². The Labute approximate surface area is 137 Å². The second-order valence-electron chi connectivity index (χ2n) is 6.69. The topological polar surface area (TPSA) is 52.9 Å². The van der Waals surface area contributed by atoms with Gasteiger partial charge in [-0.05, 0) is 38.6 Å². The Morgan fingerprint density at radius 1 is 1.09 bits per heavy atom. The molecule has 1 aromatic carbocycles. The molecule has 2 fully saturated rings. The van der Waals surface area contributed by atoms with Crippen molar-refractivity contribution >= 4 is 11.4 Å². The summed E-state index contributed by atoms with van der Waals surface area (Å²) in [7, 11) is 2.25. The first kappa shape index (κ1) is 16.2. The quantitative estimate of drug-likeness (QED) is 0.629. The largest absolute Gasteiger partial charge is 0.369 e. The summed E-state index contributed by atoms with van der Waals surface area (Å²) in [5.74, 6) is 0. The standard InChI is InChI=1S/C17H26N4O2/c1-18-9-3-2-4-17(18)14-19-10-12-20(13-11-19)15-5-7-16(8-6-15)21(22)23/h5-8,17H,2-4,9-14H2,1H3/t17-/m0/s1. The van der Waals surface area contributed by atoms with Gasteiger partial charge in [-0.15, -0.1) is 0 Å². The molecule has 0 aromatic heterocycles. The summed E-state index contributed by atoms with van der Waals surface area (Å²) in [6.45, 7) is 6.53. The molecule has 0 bridgehead atoms. The van der Waals surface area contributed by atoms with E-state index in [1.54, 1.807) is 12.1 Å². The smallest absolute Gasteiger partial charge is 0.269 e. The molecule has 2 heterocycles. The summed E-state index contributed by atoms with van der Waals surface area (Å²) in [5, 5.41) is 10.7. The third kappa shape index (κ3) is 4.00. The van der Waals surface area contributed by atoms with E-state index in [1.165, 1.54) is 32.4 Å². The number of piperidine rings is 1. The van der Waals surface area contributed by atoms with Gasteiger partial charge < -0.3 is 9.80 Å². The van der Waals surface area contributed by atoms with Crippen molar-refractivity contribution in [3.63, 3.8) is 0 Å². The Bertz CT molecular complexity index is 526. The number of nitrogens with zero attached hydrogens (tertiary/aromatic N) is 4. The van der Waals surface area contributed by atoms with Crippen LogP contribution in [0.4, 0.5) is 11.4 Å². The molecule has 0 unspecified atom stereocenters. The van der Waals surface area contributed by atoms with Crippen molar-refractivity contribution in [3.05, 3.63) is 34.4 Å². The van der Waals surface area contributed by atoms with Gasteiger partial charge in [-0.25, -0.2) is 0 Å². The molecule has 6 heteroatoms. The van der Waals surface area contributed by atoms with Crippen LogP contribution in [0.2, 0.25) is 0 Å². The van der Waals surface area contributed by atoms with Crippen LogP contribution in [0.1, 0.15) is 19.3 Å². The first-order chi connectivity index (χ1) is 11.1. The lowest BCUT2D eigenvalue weighted by Gasteiger charge is -2.40. The maximum absolute atomic E-state index is 10.7. The number of likely N-dealkylation sites (N-methyl/N-ethyl adjacent to an activating group) is 1. The highest BCUT2D eigenvalue weighted by Gasteiger charge is 2.24. The van der Waals surface area contributed by atoms with E-state index in [1.807, 2.05) is 12.1 Å². The zero-order valence-corrected chi connectivity index (χ0v) is 13.9. The molecule has 23 heavy (non-hydrogen) atoms. The van der Waals surface area contributed by atoms with Crippen molar-refractivity contribution in [1.82, 2.24) is 9.80 Å². The number of hydrogen-bond acceptors (Lipinski definition) is 5. The molecule has 2 aliphatic rings. The molecule has 0 aliphatic carbocycles. The lowest BCUT2D eigenvalue weighted by atomic mass is 10.0. The van der Waals surface area contributed by atoms with Crippen LogP contribution in [-0.4, -0.2) is 67.1 Å². The lowest BCUT2D eigenvalue weighted by molar-refractivity contribution is -0.384. The Morgan fingerprint density at radius 3 is 2.39 bits per heavy atom. The Hall–Kier alpha value is -1.66. The van der Waals surface area contributed by atoms with E-state index < -0.39 is 0 Å². The molecule has 3 rings (SSSR count). The van der Waals surface area contributed by atoms with Crippen LogP contribution in [0.5, 0.6) is 0 Å². The summed E-state index contributed by atoms with van der Waals surface area (Å²) in [4.78, 5) is 17.8. The van der Waals surface area contributed by atoms with Gasteiger partial charge in [-0.3, -0.25) is 15.0 Å². The van der Waals surface area contributed by atoms with E-state index in [0.29, 0.717) is 6.04 Å². The zero-order valence-electron chi connectivity index (χ0n) is 13.9. The van der Waals surface area contributed by atoms with Crippen LogP contribution in [-0.2, 0) is 0 Å². The third-order valence-electron chi connectivity index (χ3n) is 5.19. The average Bonchev–Trinajstić information content (AvgIpc) is 2.58. The van der Waals surface area contributed by atoms with Crippen LogP contribution in [0.15, 0.2) is 24.3 Å². The summed E-state index contributed by atoms with van der Waals surface area (Å²) >= 11 is 0. The molecule has 6 nitrogen and oxygen atoms in total. The van der Waals surface area contributed by atoms with E-state index in [2.05, 4.69) is 21.7 Å². The van der Waals surface area contributed by atoms with Gasteiger partial charge in [-0.1, -0.05) is 6.42 Å². The maximum atomic E-state index is 10.7. The zero-order chi connectivity index (χ0) is 16.2. The Morgan fingerprint density at radius 2 is 1.78 bits per heavy atom. The molecule has 0 spiro atoms. The van der Waals surface area contributed by atoms with E-state index in [9.17, 15) is 10.1 Å². The minimum atomic E-state index is -0.345. The van der Waals surface area contributed by atoms with Crippen LogP contribution in [0, 0.1) is 10.1 Å². The average molecular weight is 318 g/mol. The molecule has 0 amide bonds. The number of likely N-dealkylation sites (tertiary alicyclic amines) is 1. The monoisotopic (exact) mass is 318 g/mol. The van der Waals surface area contributed by atoms with Crippen molar-refractivity contribution < 1.29 is 4.92 Å². The van der Waals surface area contributed by atoms with Crippen molar-refractivity contribution in [1.29, 1.82) is 0 Å². The Balaban J connectivity index is 1.50. The van der Waals surface area contributed by atoms with Gasteiger partial charge in [0.2, 0.25) is 0 Å². The molecule has 1 atom stereocenters. The predicted molar refractivity (Wildman–Crippen MR) is 92.0 cm³/mol. The van der Waals surface area contributed by atoms with Crippen molar-refractivity contribution in [2.75, 3.05) is 51.2 Å². The van der Waals surface area contributed by atoms with Gasteiger partial charge in [0.05, 0.1) is 4.92 Å². The number of benzene rings is 1. The number of nitro groups is 1. The fourth-order valence-electron chi connectivity index (χ4n) is 3.65. The predicted octanol–water partition coefficient (Wildman–Crippen LogP) is 2.20. The molecular formula is C17H26N4O2. The molecule has 1 aromatic rings. The number of hydrogen-bond donors (Lipinski definition) is 0. The first-order valence-electron chi connectivity index (χ1n) is 8.55. The number of piperazine rings is 1. The summed E-state index contributed by atoms with van der Waals surface area (Å²) in [6.07, 6.45) is 4.01. The fourth-order valence-corrected chi connectivity index (χ4v) is 3.65. The van der Waals surface area contributed by atoms with E-state index in [-0.39, 0.29) is 10.6 Å². The molecule has 2 aliphatic heterocycles. The van der Waals surface area contributed by atoms with Crippen LogP contribution < -0.4 is 4.90 Å². The highest BCUT2D eigenvalue weighted by atomic mass is 16.6. The van der Waals surface area contributed by atoms with Gasteiger partial charge in [0, 0.05) is 56.6 Å². The van der Waals surface area contributed by atoms with Gasteiger partial charge in [0.1, 0.15) is 0 Å². The van der Waals surface area contributed by atoms with E-state index in [4.69, 9.17) is 0 Å². The number of rotatable bonds is 4. The molecule has 126 valence electrons. The molecule has 0 saturated carbocycles. The minimum absolute atomic E-state index is 0.160. The number of nitro benzene ring substituents is 1. The second kappa shape index (κ2) is 7.27. The highest BCUT2D eigenvalue weighted by molar-refractivity contribution is 5.51. The molecular weight excluding hydrogens is 292 g/mol. The maximum Gasteiger partial charge on any atom is 0.269 e. The minimum Gasteiger partial charge on any atom is -0.369 e. The molecule has 0 N–H and O–H groups in total. The normalized spacial score (nSPS) is 23.9. The van der Waals surface area contributed by atoms with Crippen molar-refractivity contribution in [3.8, 4) is 0 Å². The molecule has 2 saturated heterocycles. The van der Waals surface area contributed by atoms with Crippen LogP contribution >= 0.6 is 0 Å². The van der Waals surface area contributed by atoms with Gasteiger partial charge in [0.15, 0.2) is 0 Å². The van der Waals surface area contributed by atoms with Crippen molar-refractivity contribution in [2.45, 2.75) is 25.3 Å². The first-order valence-corrected chi connectivity index (χ1v) is 8.55. The van der Waals surface area contributed by atoms with Gasteiger partial charge >= 0.3 is 0 Å². The lowest BCUT2D eigenvalue weighted by Crippen LogP contribution is -2.51. The Kier molecular flexibility index (Phi) is 5.13. The fraction of sp³-hybridized carbons (Fsp3) is 0.647. The number of non-ortho nitro benzene ring substituents is 1. The highest BCUT2D eigenvalue weighted by Crippen LogP contribution is 2.21. The van der Waals surface area contributed by atoms with Crippen molar-refractivity contribution in [2.24, 2.45) is 0 Å². The number of anilines is 1. The summed E-state index contributed by atoms with van der Waals surface area (Å²) in [6, 6.07) is 7.62. The third-order valence-corrected chi connectivity index (χ3v) is 5.19. The van der Waals surface area contributed by atoms with Gasteiger partial charge in [-0.2, -0.15) is 0 Å².